The van der Waals surface area contributed by atoms with Crippen LogP contribution in [0.2, 0.25) is 0 Å². The van der Waals surface area contributed by atoms with Crippen LogP contribution in [-0.4, -0.2) is 7.05 Å². The van der Waals surface area contributed by atoms with Gasteiger partial charge in [-0.3, -0.25) is 0 Å². The normalized spacial score (nSPS) is 12.7. The van der Waals surface area contributed by atoms with Gasteiger partial charge in [-0.05, 0) is 43.8 Å². The van der Waals surface area contributed by atoms with Crippen molar-refractivity contribution in [2.75, 3.05) is 7.05 Å². The first kappa shape index (κ1) is 13.7. The monoisotopic (exact) mass is 327 g/mol. The van der Waals surface area contributed by atoms with Crippen molar-refractivity contribution >= 4 is 27.3 Å². The molecule has 0 amide bonds. The van der Waals surface area contributed by atoms with Gasteiger partial charge in [0.05, 0.1) is 0 Å². The van der Waals surface area contributed by atoms with Crippen LogP contribution in [0.25, 0.3) is 10.4 Å². The van der Waals surface area contributed by atoms with Crippen molar-refractivity contribution in [2.24, 2.45) is 0 Å². The Hall–Kier alpha value is -0.710. The fourth-order valence-corrected chi connectivity index (χ4v) is 3.48. The van der Waals surface area contributed by atoms with Gasteiger partial charge in [-0.2, -0.15) is 0 Å². The first-order chi connectivity index (χ1) is 8.65. The molecule has 1 aromatic heterocycles. The number of rotatable bonds is 4. The van der Waals surface area contributed by atoms with Crippen LogP contribution in [-0.2, 0) is 0 Å². The molecule has 1 aromatic carbocycles. The average molecular weight is 328 g/mol. The Morgan fingerprint density at radius 2 is 2.11 bits per heavy atom. The lowest BCUT2D eigenvalue weighted by Crippen LogP contribution is -2.13. The molecule has 2 rings (SSSR count). The van der Waals surface area contributed by atoms with Gasteiger partial charge in [-0.1, -0.05) is 22.9 Å². The highest BCUT2D eigenvalue weighted by atomic mass is 79.9. The van der Waals surface area contributed by atoms with Crippen molar-refractivity contribution in [1.29, 1.82) is 0 Å². The van der Waals surface area contributed by atoms with E-state index in [0.717, 1.165) is 15.8 Å². The van der Waals surface area contributed by atoms with Crippen LogP contribution < -0.4 is 5.32 Å². The maximum atomic E-state index is 13.9. The molecule has 0 saturated heterocycles. The second-order valence-electron chi connectivity index (χ2n) is 4.08. The van der Waals surface area contributed by atoms with E-state index >= 15 is 0 Å². The summed E-state index contributed by atoms with van der Waals surface area (Å²) in [4.78, 5) is 2.22. The zero-order valence-electron chi connectivity index (χ0n) is 10.3. The van der Waals surface area contributed by atoms with Crippen molar-refractivity contribution in [2.45, 2.75) is 19.4 Å². The summed E-state index contributed by atoms with van der Waals surface area (Å²) in [7, 11) is 1.95. The summed E-state index contributed by atoms with van der Waals surface area (Å²) in [5, 5.41) is 3.27. The first-order valence-electron chi connectivity index (χ1n) is 5.88. The molecular formula is C14H15BrFNS. The quantitative estimate of drug-likeness (QED) is 0.834. The number of benzene rings is 1. The van der Waals surface area contributed by atoms with E-state index in [0.29, 0.717) is 11.6 Å². The van der Waals surface area contributed by atoms with Gasteiger partial charge < -0.3 is 5.32 Å². The van der Waals surface area contributed by atoms with E-state index in [2.05, 4.69) is 34.2 Å². The molecule has 1 atom stereocenters. The highest BCUT2D eigenvalue weighted by molar-refractivity contribution is 9.10. The third-order valence-electron chi connectivity index (χ3n) is 2.92. The third kappa shape index (κ3) is 2.82. The van der Waals surface area contributed by atoms with E-state index < -0.39 is 0 Å². The second-order valence-corrected chi connectivity index (χ2v) is 6.11. The minimum Gasteiger partial charge on any atom is -0.312 e. The first-order valence-corrected chi connectivity index (χ1v) is 7.49. The van der Waals surface area contributed by atoms with Crippen molar-refractivity contribution in [3.8, 4) is 10.4 Å². The Morgan fingerprint density at radius 1 is 1.33 bits per heavy atom. The van der Waals surface area contributed by atoms with Gasteiger partial charge in [-0.25, -0.2) is 4.39 Å². The molecule has 0 spiro atoms. The van der Waals surface area contributed by atoms with Crippen LogP contribution in [0.4, 0.5) is 4.39 Å². The summed E-state index contributed by atoms with van der Waals surface area (Å²) in [6.07, 6.45) is 1.03. The van der Waals surface area contributed by atoms with Crippen LogP contribution in [0.1, 0.15) is 24.3 Å². The Bertz CT molecular complexity index is 534. The van der Waals surface area contributed by atoms with Crippen LogP contribution in [0, 0.1) is 5.82 Å². The van der Waals surface area contributed by atoms with Crippen LogP contribution in [0.3, 0.4) is 0 Å². The molecule has 0 fully saturated rings. The van der Waals surface area contributed by atoms with E-state index in [1.807, 2.05) is 25.2 Å². The number of halogens is 2. The van der Waals surface area contributed by atoms with Crippen molar-refractivity contribution in [3.63, 3.8) is 0 Å². The predicted molar refractivity (Wildman–Crippen MR) is 79.5 cm³/mol. The van der Waals surface area contributed by atoms with Gasteiger partial charge in [0.1, 0.15) is 5.82 Å². The number of nitrogens with one attached hydrogen (secondary N) is 1. The van der Waals surface area contributed by atoms with Gasteiger partial charge in [0.15, 0.2) is 0 Å². The largest absolute Gasteiger partial charge is 0.312 e. The summed E-state index contributed by atoms with van der Waals surface area (Å²) < 4.78 is 14.6. The summed E-state index contributed by atoms with van der Waals surface area (Å²) >= 11 is 4.92. The van der Waals surface area contributed by atoms with Gasteiger partial charge in [0.25, 0.3) is 0 Å². The molecular weight excluding hydrogens is 313 g/mol. The highest BCUT2D eigenvalue weighted by Gasteiger charge is 2.12. The lowest BCUT2D eigenvalue weighted by atomic mass is 10.1. The zero-order chi connectivity index (χ0) is 13.1. The molecule has 1 N–H and O–H groups in total. The Balaban J connectivity index is 2.34. The molecule has 0 aliphatic heterocycles. The van der Waals surface area contributed by atoms with Gasteiger partial charge in [-0.15, -0.1) is 11.3 Å². The SMILES string of the molecule is CCC(NC)c1ccc(-c2ccc(Br)cc2F)s1. The topological polar surface area (TPSA) is 12.0 Å². The maximum Gasteiger partial charge on any atom is 0.132 e. The maximum absolute atomic E-state index is 13.9. The summed E-state index contributed by atoms with van der Waals surface area (Å²) in [5.74, 6) is -0.185. The summed E-state index contributed by atoms with van der Waals surface area (Å²) in [6, 6.07) is 9.60. The van der Waals surface area contributed by atoms with E-state index in [4.69, 9.17) is 0 Å². The van der Waals surface area contributed by atoms with Crippen molar-refractivity contribution < 1.29 is 4.39 Å². The molecule has 96 valence electrons. The van der Waals surface area contributed by atoms with Crippen LogP contribution >= 0.6 is 27.3 Å². The summed E-state index contributed by atoms with van der Waals surface area (Å²) in [5.41, 5.74) is 0.667. The molecule has 0 aliphatic carbocycles. The minimum atomic E-state index is -0.185. The van der Waals surface area contributed by atoms with E-state index in [1.54, 1.807) is 11.3 Å². The van der Waals surface area contributed by atoms with Gasteiger partial charge >= 0.3 is 0 Å². The zero-order valence-corrected chi connectivity index (χ0v) is 12.7. The van der Waals surface area contributed by atoms with Crippen molar-refractivity contribution in [1.82, 2.24) is 5.32 Å². The minimum absolute atomic E-state index is 0.185. The molecule has 0 saturated carbocycles. The van der Waals surface area contributed by atoms with Gasteiger partial charge in [0.2, 0.25) is 0 Å². The predicted octanol–water partition coefficient (Wildman–Crippen LogP) is 4.99. The fourth-order valence-electron chi connectivity index (χ4n) is 1.92. The molecule has 0 radical (unpaired) electrons. The summed E-state index contributed by atoms with van der Waals surface area (Å²) in [6.45, 7) is 2.14. The number of hydrogen-bond acceptors (Lipinski definition) is 2. The fraction of sp³-hybridized carbons (Fsp3) is 0.286. The molecule has 0 bridgehead atoms. The molecule has 2 aromatic rings. The molecule has 4 heteroatoms. The van der Waals surface area contributed by atoms with Gasteiger partial charge in [0, 0.05) is 25.8 Å². The smallest absolute Gasteiger partial charge is 0.132 e. The molecule has 0 aliphatic rings. The lowest BCUT2D eigenvalue weighted by molar-refractivity contribution is 0.586. The highest BCUT2D eigenvalue weighted by Crippen LogP contribution is 2.34. The Kier molecular flexibility index (Phi) is 4.54. The Labute approximate surface area is 119 Å². The van der Waals surface area contributed by atoms with Crippen LogP contribution in [0.15, 0.2) is 34.8 Å². The lowest BCUT2D eigenvalue weighted by Gasteiger charge is -2.10. The molecule has 1 unspecified atom stereocenters. The molecule has 18 heavy (non-hydrogen) atoms. The van der Waals surface area contributed by atoms with E-state index in [-0.39, 0.29) is 5.82 Å². The molecule has 1 nitrogen and oxygen atoms in total. The second kappa shape index (κ2) is 5.95. The van der Waals surface area contributed by atoms with E-state index in [9.17, 15) is 4.39 Å². The number of hydrogen-bond donors (Lipinski definition) is 1. The van der Waals surface area contributed by atoms with Crippen LogP contribution in [0.5, 0.6) is 0 Å². The van der Waals surface area contributed by atoms with Crippen molar-refractivity contribution in [3.05, 3.63) is 45.5 Å². The van der Waals surface area contributed by atoms with E-state index in [1.165, 1.54) is 10.9 Å². The molecule has 1 heterocycles. The average Bonchev–Trinajstić information content (AvgIpc) is 2.80. The third-order valence-corrected chi connectivity index (χ3v) is 4.65. The Morgan fingerprint density at radius 3 is 2.72 bits per heavy atom. The number of thiophene rings is 1. The standard InChI is InChI=1S/C14H15BrFNS/c1-3-12(17-2)14-7-6-13(18-14)10-5-4-9(15)8-11(10)16/h4-8,12,17H,3H2,1-2H3.